The third-order valence-electron chi connectivity index (χ3n) is 7.49. The van der Waals surface area contributed by atoms with E-state index in [1.54, 1.807) is 14.2 Å². The topological polar surface area (TPSA) is 71.3 Å². The number of rotatable bonds is 7. The van der Waals surface area contributed by atoms with Crippen LogP contribution in [0.4, 0.5) is 5.69 Å². The van der Waals surface area contributed by atoms with Crippen molar-refractivity contribution in [2.45, 2.75) is 26.3 Å². The van der Waals surface area contributed by atoms with Crippen LogP contribution in [0.15, 0.2) is 52.9 Å². The van der Waals surface area contributed by atoms with Gasteiger partial charge < -0.3 is 23.7 Å². The molecule has 2 saturated heterocycles. The molecule has 3 heterocycles. The first kappa shape index (κ1) is 25.1. The normalized spacial score (nSPS) is 18.6. The van der Waals surface area contributed by atoms with Crippen LogP contribution in [0.2, 0.25) is 0 Å². The van der Waals surface area contributed by atoms with Crippen molar-refractivity contribution in [1.29, 1.82) is 0 Å². The number of benzene rings is 2. The minimum atomic E-state index is 0.0366. The fourth-order valence-electron chi connectivity index (χ4n) is 5.28. The van der Waals surface area contributed by atoms with E-state index in [9.17, 15) is 4.79 Å². The van der Waals surface area contributed by atoms with Gasteiger partial charge in [0.15, 0.2) is 0 Å². The van der Waals surface area contributed by atoms with Crippen molar-refractivity contribution in [2.24, 2.45) is 5.92 Å². The summed E-state index contributed by atoms with van der Waals surface area (Å²) in [6, 6.07) is 15.9. The molecule has 5 rings (SSSR count). The molecule has 2 fully saturated rings. The van der Waals surface area contributed by atoms with Gasteiger partial charge in [-0.1, -0.05) is 0 Å². The summed E-state index contributed by atoms with van der Waals surface area (Å²) in [5, 5.41) is 0. The summed E-state index contributed by atoms with van der Waals surface area (Å²) in [7, 11) is 3.33. The highest BCUT2D eigenvalue weighted by molar-refractivity contribution is 5.79. The summed E-state index contributed by atoms with van der Waals surface area (Å²) in [6.07, 6.45) is 1.97. The molecule has 196 valence electrons. The largest absolute Gasteiger partial charge is 0.497 e. The van der Waals surface area contributed by atoms with Crippen LogP contribution in [0.5, 0.6) is 11.5 Å². The Morgan fingerprint density at radius 1 is 0.946 bits per heavy atom. The van der Waals surface area contributed by atoms with Gasteiger partial charge in [-0.25, -0.2) is 4.98 Å². The second kappa shape index (κ2) is 11.3. The van der Waals surface area contributed by atoms with Crippen molar-refractivity contribution in [3.05, 3.63) is 60.0 Å². The summed E-state index contributed by atoms with van der Waals surface area (Å²) in [4.78, 5) is 24.9. The third kappa shape index (κ3) is 5.74. The van der Waals surface area contributed by atoms with Crippen LogP contribution in [0, 0.1) is 12.8 Å². The predicted octanol–water partition coefficient (Wildman–Crippen LogP) is 4.23. The Labute approximate surface area is 218 Å². The van der Waals surface area contributed by atoms with E-state index in [1.807, 2.05) is 43.3 Å². The zero-order valence-corrected chi connectivity index (χ0v) is 22.0. The molecule has 2 aromatic carbocycles. The summed E-state index contributed by atoms with van der Waals surface area (Å²) < 4.78 is 16.5. The summed E-state index contributed by atoms with van der Waals surface area (Å²) >= 11 is 0. The molecule has 0 saturated carbocycles. The quantitative estimate of drug-likeness (QED) is 0.477. The molecule has 8 heteroatoms. The van der Waals surface area contributed by atoms with Crippen molar-refractivity contribution in [2.75, 3.05) is 58.4 Å². The van der Waals surface area contributed by atoms with E-state index >= 15 is 0 Å². The van der Waals surface area contributed by atoms with Crippen molar-refractivity contribution >= 4 is 11.6 Å². The van der Waals surface area contributed by atoms with Crippen molar-refractivity contribution in [3.63, 3.8) is 0 Å². The van der Waals surface area contributed by atoms with Gasteiger partial charge in [-0.2, -0.15) is 0 Å². The van der Waals surface area contributed by atoms with Gasteiger partial charge in [0.1, 0.15) is 17.3 Å². The third-order valence-corrected chi connectivity index (χ3v) is 7.49. The molecule has 2 aliphatic rings. The van der Waals surface area contributed by atoms with Crippen LogP contribution in [0.1, 0.15) is 24.3 Å². The fraction of sp³-hybridized carbons (Fsp3) is 0.448. The minimum Gasteiger partial charge on any atom is -0.497 e. The van der Waals surface area contributed by atoms with E-state index in [0.29, 0.717) is 12.4 Å². The van der Waals surface area contributed by atoms with Gasteiger partial charge in [-0.15, -0.1) is 0 Å². The first-order chi connectivity index (χ1) is 18.0. The highest BCUT2D eigenvalue weighted by Crippen LogP contribution is 2.27. The number of aromatic nitrogens is 1. The van der Waals surface area contributed by atoms with Gasteiger partial charge in [0.05, 0.1) is 25.8 Å². The number of hydrogen-bond acceptors (Lipinski definition) is 7. The number of aryl methyl sites for hydroxylation is 1. The number of carbonyl (C=O) groups is 1. The molecular formula is C29H36N4O4. The minimum absolute atomic E-state index is 0.0366. The second-order valence-corrected chi connectivity index (χ2v) is 9.84. The highest BCUT2D eigenvalue weighted by Gasteiger charge is 2.31. The van der Waals surface area contributed by atoms with Crippen LogP contribution in [0.25, 0.3) is 11.5 Å². The lowest BCUT2D eigenvalue weighted by Crippen LogP contribution is -2.52. The SMILES string of the molecule is COc1ccc(-c2nc(CN3CCCC(C(=O)N4CCN(c5ccc(OC)cc5)CC4)C3)c(C)o2)cc1. The maximum absolute atomic E-state index is 13.4. The average Bonchev–Trinajstić information content (AvgIpc) is 3.32. The van der Waals surface area contributed by atoms with E-state index in [4.69, 9.17) is 18.9 Å². The maximum Gasteiger partial charge on any atom is 0.227 e. The van der Waals surface area contributed by atoms with Crippen molar-refractivity contribution in [1.82, 2.24) is 14.8 Å². The number of nitrogens with zero attached hydrogens (tertiary/aromatic N) is 4. The molecule has 37 heavy (non-hydrogen) atoms. The Bertz CT molecular complexity index is 1180. The van der Waals surface area contributed by atoms with E-state index < -0.39 is 0 Å². The van der Waals surface area contributed by atoms with Gasteiger partial charge >= 0.3 is 0 Å². The maximum atomic E-state index is 13.4. The summed E-state index contributed by atoms with van der Waals surface area (Å²) in [6.45, 7) is 7.61. The fourth-order valence-corrected chi connectivity index (χ4v) is 5.28. The first-order valence-corrected chi connectivity index (χ1v) is 13.0. The van der Waals surface area contributed by atoms with E-state index in [0.717, 1.165) is 80.6 Å². The highest BCUT2D eigenvalue weighted by atomic mass is 16.5. The lowest BCUT2D eigenvalue weighted by molar-refractivity contribution is -0.137. The van der Waals surface area contributed by atoms with Gasteiger partial charge in [0.25, 0.3) is 0 Å². The smallest absolute Gasteiger partial charge is 0.227 e. The molecule has 8 nitrogen and oxygen atoms in total. The first-order valence-electron chi connectivity index (χ1n) is 13.0. The number of carbonyl (C=O) groups excluding carboxylic acids is 1. The molecule has 0 aliphatic carbocycles. The molecule has 1 aromatic heterocycles. The number of ether oxygens (including phenoxy) is 2. The molecular weight excluding hydrogens is 468 g/mol. The standard InChI is InChI=1S/C29H36N4O4/c1-21-27(30-28(37-21)22-6-10-25(35-2)11-7-22)20-31-14-4-5-23(19-31)29(34)33-17-15-32(16-18-33)24-8-12-26(36-3)13-9-24/h6-13,23H,4-5,14-20H2,1-3H3. The Hall–Kier alpha value is -3.52. The molecule has 0 N–H and O–H groups in total. The molecule has 0 bridgehead atoms. The molecule has 0 radical (unpaired) electrons. The molecule has 0 spiro atoms. The number of likely N-dealkylation sites (tertiary alicyclic amines) is 1. The van der Waals surface area contributed by atoms with Crippen LogP contribution in [0.3, 0.4) is 0 Å². The molecule has 2 aliphatic heterocycles. The predicted molar refractivity (Wildman–Crippen MR) is 143 cm³/mol. The number of piperazine rings is 1. The molecule has 1 amide bonds. The van der Waals surface area contributed by atoms with Crippen LogP contribution < -0.4 is 14.4 Å². The number of methoxy groups -OCH3 is 2. The number of piperidine rings is 1. The zero-order chi connectivity index (χ0) is 25.8. The summed E-state index contributed by atoms with van der Waals surface area (Å²) in [5.74, 6) is 3.43. The Morgan fingerprint density at radius 2 is 1.59 bits per heavy atom. The summed E-state index contributed by atoms with van der Waals surface area (Å²) in [5.41, 5.74) is 3.04. The van der Waals surface area contributed by atoms with Gasteiger partial charge in [0, 0.05) is 50.5 Å². The number of anilines is 1. The van der Waals surface area contributed by atoms with E-state index in [-0.39, 0.29) is 11.8 Å². The Kier molecular flexibility index (Phi) is 7.65. The molecule has 3 aromatic rings. The zero-order valence-electron chi connectivity index (χ0n) is 22.0. The molecule has 1 atom stereocenters. The number of oxazole rings is 1. The number of hydrogen-bond donors (Lipinski definition) is 0. The van der Waals surface area contributed by atoms with Crippen LogP contribution in [-0.2, 0) is 11.3 Å². The van der Waals surface area contributed by atoms with Crippen LogP contribution in [-0.4, -0.2) is 74.2 Å². The monoisotopic (exact) mass is 504 g/mol. The lowest BCUT2D eigenvalue weighted by Gasteiger charge is -2.39. The molecule has 1 unspecified atom stereocenters. The Balaban J connectivity index is 1.16. The average molecular weight is 505 g/mol. The van der Waals surface area contributed by atoms with Crippen molar-refractivity contribution < 1.29 is 18.7 Å². The van der Waals surface area contributed by atoms with Gasteiger partial charge in [-0.3, -0.25) is 9.69 Å². The van der Waals surface area contributed by atoms with Gasteiger partial charge in [-0.05, 0) is 74.8 Å². The lowest BCUT2D eigenvalue weighted by atomic mass is 9.96. The van der Waals surface area contributed by atoms with E-state index in [1.165, 1.54) is 5.69 Å². The van der Waals surface area contributed by atoms with Gasteiger partial charge in [0.2, 0.25) is 11.8 Å². The van der Waals surface area contributed by atoms with Crippen molar-refractivity contribution in [3.8, 4) is 23.0 Å². The second-order valence-electron chi connectivity index (χ2n) is 9.84. The van der Waals surface area contributed by atoms with E-state index in [2.05, 4.69) is 26.8 Å². The number of amides is 1. The van der Waals surface area contributed by atoms with Crippen LogP contribution >= 0.6 is 0 Å². The Morgan fingerprint density at radius 3 is 2.24 bits per heavy atom.